The summed E-state index contributed by atoms with van der Waals surface area (Å²) in [6, 6.07) is -0.645. The van der Waals surface area contributed by atoms with E-state index in [1.165, 1.54) is 57.0 Å². The standard InChI is InChI=1S/C23H41NO4/c1-7-8-9-10-11-12-13-14-15-16-19-18(2)17-24(20(19)21(25)27-6)22(26)28-23(3,4)5/h20H,7-17H2,1-6H3/t20-/m0/s1. The molecule has 0 bridgehead atoms. The van der Waals surface area contributed by atoms with Crippen LogP contribution in [-0.2, 0) is 14.3 Å². The Morgan fingerprint density at radius 3 is 2.04 bits per heavy atom. The van der Waals surface area contributed by atoms with E-state index in [4.69, 9.17) is 9.47 Å². The molecule has 1 amide bonds. The zero-order valence-electron chi connectivity index (χ0n) is 18.9. The van der Waals surface area contributed by atoms with Gasteiger partial charge in [-0.05, 0) is 46.1 Å². The Morgan fingerprint density at radius 1 is 1.00 bits per heavy atom. The largest absolute Gasteiger partial charge is 0.467 e. The molecule has 1 atom stereocenters. The second-order valence-corrected chi connectivity index (χ2v) is 8.92. The van der Waals surface area contributed by atoms with Crippen molar-refractivity contribution in [2.75, 3.05) is 13.7 Å². The molecule has 0 unspecified atom stereocenters. The molecular weight excluding hydrogens is 354 g/mol. The number of rotatable bonds is 11. The number of unbranched alkanes of at least 4 members (excludes halogenated alkanes) is 8. The summed E-state index contributed by atoms with van der Waals surface area (Å²) in [5.41, 5.74) is 1.52. The Labute approximate surface area is 171 Å². The van der Waals surface area contributed by atoms with Crippen molar-refractivity contribution in [3.63, 3.8) is 0 Å². The van der Waals surface area contributed by atoms with E-state index in [1.807, 2.05) is 27.7 Å². The molecule has 0 aromatic rings. The molecule has 5 nitrogen and oxygen atoms in total. The van der Waals surface area contributed by atoms with Crippen molar-refractivity contribution in [1.29, 1.82) is 0 Å². The molecular formula is C23H41NO4. The van der Waals surface area contributed by atoms with Crippen molar-refractivity contribution < 1.29 is 19.1 Å². The van der Waals surface area contributed by atoms with Crippen LogP contribution in [0.5, 0.6) is 0 Å². The number of amides is 1. The quantitative estimate of drug-likeness (QED) is 0.244. The molecule has 0 radical (unpaired) electrons. The number of methoxy groups -OCH3 is 1. The Hall–Kier alpha value is -1.52. The van der Waals surface area contributed by atoms with Gasteiger partial charge in [0.15, 0.2) is 6.04 Å². The van der Waals surface area contributed by atoms with Crippen LogP contribution < -0.4 is 0 Å². The van der Waals surface area contributed by atoms with Gasteiger partial charge in [0.05, 0.1) is 7.11 Å². The highest BCUT2D eigenvalue weighted by molar-refractivity contribution is 5.86. The van der Waals surface area contributed by atoms with Crippen LogP contribution >= 0.6 is 0 Å². The van der Waals surface area contributed by atoms with Crippen molar-refractivity contribution in [2.24, 2.45) is 0 Å². The van der Waals surface area contributed by atoms with Crippen LogP contribution in [0.1, 0.15) is 98.8 Å². The summed E-state index contributed by atoms with van der Waals surface area (Å²) in [6.45, 7) is 10.2. The van der Waals surface area contributed by atoms with Gasteiger partial charge in [0.2, 0.25) is 0 Å². The van der Waals surface area contributed by atoms with Gasteiger partial charge in [-0.25, -0.2) is 9.59 Å². The fourth-order valence-electron chi connectivity index (χ4n) is 3.72. The number of esters is 1. The molecule has 1 rings (SSSR count). The van der Waals surface area contributed by atoms with E-state index in [-0.39, 0.29) is 5.97 Å². The maximum absolute atomic E-state index is 12.6. The molecule has 0 N–H and O–H groups in total. The molecule has 0 aliphatic carbocycles. The summed E-state index contributed by atoms with van der Waals surface area (Å²) in [4.78, 5) is 26.5. The highest BCUT2D eigenvalue weighted by atomic mass is 16.6. The highest BCUT2D eigenvalue weighted by Gasteiger charge is 2.41. The van der Waals surface area contributed by atoms with Gasteiger partial charge < -0.3 is 9.47 Å². The van der Waals surface area contributed by atoms with E-state index in [9.17, 15) is 9.59 Å². The number of carbonyl (C=O) groups is 2. The number of hydrogen-bond acceptors (Lipinski definition) is 4. The van der Waals surface area contributed by atoms with Crippen molar-refractivity contribution in [3.8, 4) is 0 Å². The van der Waals surface area contributed by atoms with Gasteiger partial charge in [-0.15, -0.1) is 0 Å². The Balaban J connectivity index is 2.53. The van der Waals surface area contributed by atoms with Crippen LogP contribution in [0.3, 0.4) is 0 Å². The lowest BCUT2D eigenvalue weighted by Gasteiger charge is -2.28. The van der Waals surface area contributed by atoms with Crippen LogP contribution in [0.25, 0.3) is 0 Å². The normalized spacial score (nSPS) is 17.2. The summed E-state index contributed by atoms with van der Waals surface area (Å²) in [6.07, 6.45) is 11.7. The fourth-order valence-corrected chi connectivity index (χ4v) is 3.72. The summed E-state index contributed by atoms with van der Waals surface area (Å²) < 4.78 is 10.5. The summed E-state index contributed by atoms with van der Waals surface area (Å²) in [5, 5.41) is 0. The molecule has 0 aromatic carbocycles. The van der Waals surface area contributed by atoms with E-state index < -0.39 is 17.7 Å². The minimum absolute atomic E-state index is 0.381. The minimum atomic E-state index is -0.645. The zero-order valence-corrected chi connectivity index (χ0v) is 18.9. The van der Waals surface area contributed by atoms with E-state index in [2.05, 4.69) is 6.92 Å². The monoisotopic (exact) mass is 395 g/mol. The van der Waals surface area contributed by atoms with Crippen LogP contribution in [0.4, 0.5) is 4.79 Å². The van der Waals surface area contributed by atoms with Gasteiger partial charge in [-0.2, -0.15) is 0 Å². The number of ether oxygens (including phenoxy) is 2. The first-order valence-electron chi connectivity index (χ1n) is 11.0. The Kier molecular flexibility index (Phi) is 10.6. The van der Waals surface area contributed by atoms with Gasteiger partial charge in [0.25, 0.3) is 0 Å². The molecule has 1 aliphatic heterocycles. The molecule has 1 aliphatic rings. The van der Waals surface area contributed by atoms with Crippen molar-refractivity contribution in [3.05, 3.63) is 11.1 Å². The Bertz CT molecular complexity index is 533. The first kappa shape index (κ1) is 24.5. The molecule has 28 heavy (non-hydrogen) atoms. The van der Waals surface area contributed by atoms with Gasteiger partial charge in [-0.1, -0.05) is 63.9 Å². The van der Waals surface area contributed by atoms with E-state index in [0.717, 1.165) is 30.4 Å². The second-order valence-electron chi connectivity index (χ2n) is 8.92. The molecule has 0 saturated carbocycles. The van der Waals surface area contributed by atoms with Crippen LogP contribution in [0.2, 0.25) is 0 Å². The lowest BCUT2D eigenvalue weighted by molar-refractivity contribution is -0.144. The number of nitrogens with zero attached hydrogens (tertiary/aromatic N) is 1. The molecule has 0 fully saturated rings. The maximum Gasteiger partial charge on any atom is 0.411 e. The van der Waals surface area contributed by atoms with Crippen LogP contribution in [0, 0.1) is 0 Å². The van der Waals surface area contributed by atoms with Gasteiger partial charge in [-0.3, -0.25) is 4.90 Å². The third-order valence-corrected chi connectivity index (χ3v) is 5.20. The zero-order chi connectivity index (χ0) is 21.2. The van der Waals surface area contributed by atoms with Crippen molar-refractivity contribution >= 4 is 12.1 Å². The maximum atomic E-state index is 12.6. The molecule has 0 spiro atoms. The fraction of sp³-hybridized carbons (Fsp3) is 0.826. The lowest BCUT2D eigenvalue weighted by Crippen LogP contribution is -2.45. The average Bonchev–Trinajstić information content (AvgIpc) is 2.95. The summed E-state index contributed by atoms with van der Waals surface area (Å²) in [7, 11) is 1.37. The Morgan fingerprint density at radius 2 is 1.54 bits per heavy atom. The van der Waals surface area contributed by atoms with Gasteiger partial charge in [0, 0.05) is 6.54 Å². The predicted octanol–water partition coefficient (Wildman–Crippen LogP) is 6.02. The number of hydrogen-bond donors (Lipinski definition) is 0. The van der Waals surface area contributed by atoms with Gasteiger partial charge >= 0.3 is 12.1 Å². The lowest BCUT2D eigenvalue weighted by atomic mass is 9.98. The van der Waals surface area contributed by atoms with Crippen molar-refractivity contribution in [1.82, 2.24) is 4.90 Å². The average molecular weight is 396 g/mol. The number of carbonyl (C=O) groups excluding carboxylic acids is 2. The van der Waals surface area contributed by atoms with Crippen LogP contribution in [0.15, 0.2) is 11.1 Å². The molecule has 0 aromatic heterocycles. The van der Waals surface area contributed by atoms with Crippen LogP contribution in [-0.4, -0.2) is 42.3 Å². The smallest absolute Gasteiger partial charge is 0.411 e. The predicted molar refractivity (Wildman–Crippen MR) is 113 cm³/mol. The highest BCUT2D eigenvalue weighted by Crippen LogP contribution is 2.31. The summed E-state index contributed by atoms with van der Waals surface area (Å²) >= 11 is 0. The van der Waals surface area contributed by atoms with E-state index >= 15 is 0 Å². The molecule has 5 heteroatoms. The van der Waals surface area contributed by atoms with E-state index in [1.54, 1.807) is 0 Å². The second kappa shape index (κ2) is 12.1. The third-order valence-electron chi connectivity index (χ3n) is 5.20. The van der Waals surface area contributed by atoms with E-state index in [0.29, 0.717) is 6.54 Å². The molecule has 162 valence electrons. The molecule has 1 heterocycles. The molecule has 0 saturated heterocycles. The first-order valence-corrected chi connectivity index (χ1v) is 11.0. The third kappa shape index (κ3) is 8.24. The van der Waals surface area contributed by atoms with Gasteiger partial charge in [0.1, 0.15) is 5.60 Å². The SMILES string of the molecule is CCCCCCCCCCCC1=C(C)CN(C(=O)OC(C)(C)C)[C@@H]1C(=O)OC. The topological polar surface area (TPSA) is 55.8 Å². The summed E-state index contributed by atoms with van der Waals surface area (Å²) in [5.74, 6) is -0.381. The van der Waals surface area contributed by atoms with Crippen molar-refractivity contribution in [2.45, 2.75) is 110 Å². The minimum Gasteiger partial charge on any atom is -0.467 e. The first-order chi connectivity index (χ1) is 13.2.